The standard InChI is InChI=1S/C17H19B3N4O3/c1-8-7-21-26-13(8)14(25)22-12-5-3-9-6-10(2-4-11(9)12)15-23-16(24-27-15)17(18,19)20/h2,4,6-7,12H,3,5,18-20H2,1H3,(H,22,25)/t12-/m1/s1. The van der Waals surface area contributed by atoms with Gasteiger partial charge in [-0.1, -0.05) is 21.5 Å². The molecule has 1 aromatic carbocycles. The fourth-order valence-corrected chi connectivity index (χ4v) is 3.28. The van der Waals surface area contributed by atoms with E-state index in [2.05, 4.69) is 26.7 Å². The van der Waals surface area contributed by atoms with E-state index in [4.69, 9.17) is 9.05 Å². The number of hydrogen-bond acceptors (Lipinski definition) is 6. The summed E-state index contributed by atoms with van der Waals surface area (Å²) in [4.78, 5) is 16.9. The van der Waals surface area contributed by atoms with Crippen molar-refractivity contribution in [3.63, 3.8) is 0 Å². The van der Waals surface area contributed by atoms with Crippen LogP contribution in [0, 0.1) is 6.92 Å². The minimum absolute atomic E-state index is 0.0427. The zero-order valence-electron chi connectivity index (χ0n) is 15.9. The average molecular weight is 360 g/mol. The predicted molar refractivity (Wildman–Crippen MR) is 107 cm³/mol. The summed E-state index contributed by atoms with van der Waals surface area (Å²) in [5.41, 5.74) is 3.92. The molecule has 0 unspecified atom stereocenters. The Kier molecular flexibility index (Phi) is 4.21. The van der Waals surface area contributed by atoms with Crippen LogP contribution in [0.1, 0.15) is 45.5 Å². The van der Waals surface area contributed by atoms with E-state index in [0.717, 1.165) is 29.5 Å². The van der Waals surface area contributed by atoms with Crippen LogP contribution in [-0.4, -0.2) is 44.7 Å². The van der Waals surface area contributed by atoms with Crippen molar-refractivity contribution in [2.75, 3.05) is 0 Å². The van der Waals surface area contributed by atoms with E-state index in [1.807, 2.05) is 35.7 Å². The van der Waals surface area contributed by atoms with Crippen molar-refractivity contribution in [2.24, 2.45) is 0 Å². The molecular formula is C17H19B3N4O3. The summed E-state index contributed by atoms with van der Waals surface area (Å²) in [6.07, 6.45) is 3.26. The van der Waals surface area contributed by atoms with Gasteiger partial charge in [0.05, 0.1) is 35.8 Å². The normalized spacial score (nSPS) is 16.3. The number of benzene rings is 1. The first-order valence-electron chi connectivity index (χ1n) is 9.02. The molecule has 0 fully saturated rings. The smallest absolute Gasteiger partial charge is 0.290 e. The molecule has 134 valence electrons. The Morgan fingerprint density at radius 2 is 2.11 bits per heavy atom. The van der Waals surface area contributed by atoms with Gasteiger partial charge in [-0.3, -0.25) is 4.79 Å². The monoisotopic (exact) mass is 360 g/mol. The molecule has 1 N–H and O–H groups in total. The van der Waals surface area contributed by atoms with Crippen LogP contribution in [0.3, 0.4) is 0 Å². The molecule has 3 aromatic rings. The summed E-state index contributed by atoms with van der Waals surface area (Å²) in [6, 6.07) is 6.01. The van der Waals surface area contributed by atoms with Crippen molar-refractivity contribution < 1.29 is 13.8 Å². The molecule has 2 aromatic heterocycles. The van der Waals surface area contributed by atoms with Gasteiger partial charge in [-0.2, -0.15) is 4.98 Å². The molecule has 27 heavy (non-hydrogen) atoms. The maximum atomic E-state index is 12.4. The maximum Gasteiger partial charge on any atom is 0.290 e. The third-order valence-corrected chi connectivity index (χ3v) is 4.82. The van der Waals surface area contributed by atoms with Gasteiger partial charge in [-0.25, -0.2) is 0 Å². The molecule has 0 aliphatic heterocycles. The highest BCUT2D eigenvalue weighted by Crippen LogP contribution is 2.34. The van der Waals surface area contributed by atoms with E-state index in [1.165, 1.54) is 5.56 Å². The Morgan fingerprint density at radius 3 is 2.78 bits per heavy atom. The summed E-state index contributed by atoms with van der Waals surface area (Å²) < 4.78 is 10.5. The summed E-state index contributed by atoms with van der Waals surface area (Å²) >= 11 is 0. The lowest BCUT2D eigenvalue weighted by molar-refractivity contribution is 0.0898. The highest BCUT2D eigenvalue weighted by atomic mass is 16.5. The van der Waals surface area contributed by atoms with Gasteiger partial charge in [0, 0.05) is 11.1 Å². The van der Waals surface area contributed by atoms with E-state index in [-0.39, 0.29) is 22.8 Å². The van der Waals surface area contributed by atoms with Gasteiger partial charge < -0.3 is 14.4 Å². The zero-order valence-corrected chi connectivity index (χ0v) is 15.9. The van der Waals surface area contributed by atoms with Crippen molar-refractivity contribution >= 4 is 29.4 Å². The molecule has 1 atom stereocenters. The van der Waals surface area contributed by atoms with E-state index in [0.29, 0.717) is 11.7 Å². The molecule has 1 amide bonds. The molecule has 1 aliphatic rings. The number of nitrogens with zero attached hydrogens (tertiary/aromatic N) is 3. The van der Waals surface area contributed by atoms with Crippen LogP contribution < -0.4 is 5.32 Å². The van der Waals surface area contributed by atoms with Gasteiger partial charge in [0.25, 0.3) is 11.8 Å². The topological polar surface area (TPSA) is 94.1 Å². The Labute approximate surface area is 159 Å². The SMILES string of the molecule is BC(B)(B)c1noc(-c2ccc3c(c2)CC[C@H]3NC(=O)c2oncc2C)n1. The molecule has 7 nitrogen and oxygen atoms in total. The largest absolute Gasteiger partial charge is 0.351 e. The lowest BCUT2D eigenvalue weighted by Gasteiger charge is -2.13. The Hall–Kier alpha value is -2.77. The van der Waals surface area contributed by atoms with Crippen LogP contribution in [0.25, 0.3) is 11.5 Å². The molecule has 0 bridgehead atoms. The molecular weight excluding hydrogens is 341 g/mol. The highest BCUT2D eigenvalue weighted by molar-refractivity contribution is 6.58. The lowest BCUT2D eigenvalue weighted by atomic mass is 9.42. The zero-order chi connectivity index (χ0) is 19.2. The molecule has 4 rings (SSSR count). The minimum atomic E-state index is -0.237. The van der Waals surface area contributed by atoms with Crippen molar-refractivity contribution in [3.8, 4) is 11.5 Å². The van der Waals surface area contributed by atoms with Gasteiger partial charge in [-0.05, 0) is 43.0 Å². The first-order valence-corrected chi connectivity index (χ1v) is 9.02. The van der Waals surface area contributed by atoms with Crippen LogP contribution in [0.2, 0.25) is 0 Å². The number of nitrogens with one attached hydrogen (secondary N) is 1. The summed E-state index contributed by atoms with van der Waals surface area (Å²) in [6.45, 7) is 1.80. The molecule has 0 spiro atoms. The van der Waals surface area contributed by atoms with Gasteiger partial charge in [-0.15, -0.1) is 0 Å². The summed E-state index contributed by atoms with van der Waals surface area (Å²) in [7, 11) is 6.15. The predicted octanol–water partition coefficient (Wildman–Crippen LogP) is -0.540. The molecule has 2 heterocycles. The van der Waals surface area contributed by atoms with Gasteiger partial charge >= 0.3 is 0 Å². The minimum Gasteiger partial charge on any atom is -0.351 e. The number of amides is 1. The van der Waals surface area contributed by atoms with Crippen LogP contribution in [0.5, 0.6) is 0 Å². The molecule has 0 radical (unpaired) electrons. The summed E-state index contributed by atoms with van der Waals surface area (Å²) in [5.74, 6) is 1.23. The van der Waals surface area contributed by atoms with Crippen LogP contribution in [0.15, 0.2) is 33.4 Å². The molecule has 10 heteroatoms. The Morgan fingerprint density at radius 1 is 1.30 bits per heavy atom. The number of fused-ring (bicyclic) bond motifs is 1. The molecule has 0 saturated heterocycles. The third-order valence-electron chi connectivity index (χ3n) is 4.82. The second kappa shape index (κ2) is 6.44. The molecule has 0 saturated carbocycles. The average Bonchev–Trinajstić information content (AvgIpc) is 3.33. The number of hydrogen-bond donors (Lipinski definition) is 1. The Balaban J connectivity index is 1.55. The first-order chi connectivity index (χ1) is 12.8. The fraction of sp³-hybridized carbons (Fsp3) is 0.294. The van der Waals surface area contributed by atoms with E-state index >= 15 is 0 Å². The number of carbonyl (C=O) groups excluding carboxylic acids is 1. The van der Waals surface area contributed by atoms with E-state index in [1.54, 1.807) is 13.1 Å². The Bertz CT molecular complexity index is 1010. The van der Waals surface area contributed by atoms with Crippen molar-refractivity contribution in [3.05, 3.63) is 52.7 Å². The highest BCUT2D eigenvalue weighted by Gasteiger charge is 2.27. The quantitative estimate of drug-likeness (QED) is 0.629. The number of carbonyl (C=O) groups is 1. The van der Waals surface area contributed by atoms with Crippen LogP contribution in [0.4, 0.5) is 0 Å². The van der Waals surface area contributed by atoms with Gasteiger partial charge in [0.2, 0.25) is 5.76 Å². The van der Waals surface area contributed by atoms with Crippen molar-refractivity contribution in [2.45, 2.75) is 30.9 Å². The van der Waals surface area contributed by atoms with Crippen molar-refractivity contribution in [1.29, 1.82) is 0 Å². The van der Waals surface area contributed by atoms with Crippen LogP contribution in [-0.2, 0) is 11.5 Å². The number of aromatic nitrogens is 3. The first kappa shape index (κ1) is 17.6. The fourth-order valence-electron chi connectivity index (χ4n) is 3.28. The van der Waals surface area contributed by atoms with Gasteiger partial charge in [0.15, 0.2) is 5.82 Å². The second-order valence-corrected chi connectivity index (χ2v) is 7.99. The molecule has 1 aliphatic carbocycles. The maximum absolute atomic E-state index is 12.4. The van der Waals surface area contributed by atoms with E-state index < -0.39 is 0 Å². The van der Waals surface area contributed by atoms with Crippen LogP contribution >= 0.6 is 0 Å². The second-order valence-electron chi connectivity index (χ2n) is 7.99. The number of aryl methyl sites for hydroxylation is 2. The number of rotatable bonds is 4. The third kappa shape index (κ3) is 3.31. The van der Waals surface area contributed by atoms with E-state index in [9.17, 15) is 4.79 Å². The lowest BCUT2D eigenvalue weighted by Crippen LogP contribution is -2.28. The van der Waals surface area contributed by atoms with Gasteiger partial charge in [0.1, 0.15) is 0 Å². The van der Waals surface area contributed by atoms with Crippen molar-refractivity contribution in [1.82, 2.24) is 20.6 Å². The summed E-state index contributed by atoms with van der Waals surface area (Å²) in [5, 5.41) is 10.6.